The van der Waals surface area contributed by atoms with Crippen LogP contribution in [0, 0.1) is 5.82 Å². The van der Waals surface area contributed by atoms with Crippen LogP contribution in [0.2, 0.25) is 0 Å². The van der Waals surface area contributed by atoms with E-state index in [4.69, 9.17) is 4.74 Å². The van der Waals surface area contributed by atoms with E-state index in [1.807, 2.05) is 24.3 Å². The highest BCUT2D eigenvalue weighted by molar-refractivity contribution is 9.10. The number of hydrogen-bond acceptors (Lipinski definition) is 5. The third-order valence-corrected chi connectivity index (χ3v) is 4.84. The lowest BCUT2D eigenvalue weighted by Crippen LogP contribution is -2.15. The van der Waals surface area contributed by atoms with Crippen molar-refractivity contribution in [2.45, 2.75) is 5.16 Å². The lowest BCUT2D eigenvalue weighted by atomic mass is 10.3. The van der Waals surface area contributed by atoms with E-state index in [0.29, 0.717) is 9.63 Å². The van der Waals surface area contributed by atoms with E-state index in [1.54, 1.807) is 24.1 Å². The molecule has 6 nitrogen and oxygen atoms in total. The van der Waals surface area contributed by atoms with Gasteiger partial charge in [0.1, 0.15) is 17.9 Å². The summed E-state index contributed by atoms with van der Waals surface area (Å²) in [7, 11) is 1.60. The van der Waals surface area contributed by atoms with Crippen molar-refractivity contribution in [3.8, 4) is 11.4 Å². The number of carbonyl (C=O) groups excluding carboxylic acids is 1. The van der Waals surface area contributed by atoms with Gasteiger partial charge in [-0.15, -0.1) is 10.2 Å². The molecule has 0 spiro atoms. The number of rotatable bonds is 6. The zero-order valence-corrected chi connectivity index (χ0v) is 16.1. The molecule has 0 bridgehead atoms. The fraction of sp³-hybridized carbons (Fsp3) is 0.118. The maximum atomic E-state index is 13.8. The van der Waals surface area contributed by atoms with Gasteiger partial charge in [0.25, 0.3) is 0 Å². The number of nitrogens with zero attached hydrogens (tertiary/aromatic N) is 3. The Morgan fingerprint density at radius 3 is 2.77 bits per heavy atom. The van der Waals surface area contributed by atoms with E-state index in [2.05, 4.69) is 31.4 Å². The van der Waals surface area contributed by atoms with E-state index in [9.17, 15) is 9.18 Å². The first-order valence-corrected chi connectivity index (χ1v) is 9.27. The highest BCUT2D eigenvalue weighted by atomic mass is 79.9. The minimum Gasteiger partial charge on any atom is -0.497 e. The molecule has 0 saturated carbocycles. The first kappa shape index (κ1) is 18.4. The van der Waals surface area contributed by atoms with Gasteiger partial charge in [0, 0.05) is 10.2 Å². The SMILES string of the molecule is COc1ccc(-n2cnnc2SCC(=O)Nc2ccc(Br)cc2F)cc1. The van der Waals surface area contributed by atoms with E-state index in [1.165, 1.54) is 23.9 Å². The van der Waals surface area contributed by atoms with Crippen LogP contribution in [0.5, 0.6) is 5.75 Å². The van der Waals surface area contributed by atoms with Gasteiger partial charge in [-0.25, -0.2) is 4.39 Å². The van der Waals surface area contributed by atoms with E-state index < -0.39 is 5.82 Å². The van der Waals surface area contributed by atoms with Crippen molar-refractivity contribution in [3.05, 3.63) is 59.1 Å². The summed E-state index contributed by atoms with van der Waals surface area (Å²) < 4.78 is 21.3. The number of anilines is 1. The summed E-state index contributed by atoms with van der Waals surface area (Å²) in [6.07, 6.45) is 1.57. The van der Waals surface area contributed by atoms with Crippen LogP contribution in [-0.4, -0.2) is 33.5 Å². The van der Waals surface area contributed by atoms with Gasteiger partial charge in [0.2, 0.25) is 5.91 Å². The molecule has 0 atom stereocenters. The lowest BCUT2D eigenvalue weighted by Gasteiger charge is -2.08. The van der Waals surface area contributed by atoms with Crippen molar-refractivity contribution in [1.82, 2.24) is 14.8 Å². The van der Waals surface area contributed by atoms with Gasteiger partial charge in [0.15, 0.2) is 5.16 Å². The van der Waals surface area contributed by atoms with Crippen LogP contribution in [0.25, 0.3) is 5.69 Å². The molecule has 0 aliphatic heterocycles. The Morgan fingerprint density at radius 2 is 2.08 bits per heavy atom. The van der Waals surface area contributed by atoms with Gasteiger partial charge in [0.05, 0.1) is 18.6 Å². The van der Waals surface area contributed by atoms with Crippen LogP contribution in [0.1, 0.15) is 0 Å². The molecule has 3 aromatic rings. The quantitative estimate of drug-likeness (QED) is 0.593. The van der Waals surface area contributed by atoms with Crippen molar-refractivity contribution in [3.63, 3.8) is 0 Å². The van der Waals surface area contributed by atoms with Crippen LogP contribution in [0.4, 0.5) is 10.1 Å². The molecule has 0 aliphatic rings. The number of amides is 1. The number of aromatic nitrogens is 3. The van der Waals surface area contributed by atoms with Crippen LogP contribution in [0.15, 0.2) is 58.4 Å². The van der Waals surface area contributed by atoms with Crippen molar-refractivity contribution in [2.24, 2.45) is 0 Å². The van der Waals surface area contributed by atoms with Crippen molar-refractivity contribution >= 4 is 39.3 Å². The molecule has 134 valence electrons. The van der Waals surface area contributed by atoms with Gasteiger partial charge in [-0.2, -0.15) is 0 Å². The summed E-state index contributed by atoms with van der Waals surface area (Å²) in [6.45, 7) is 0. The van der Waals surface area contributed by atoms with Crippen LogP contribution >= 0.6 is 27.7 Å². The molecular weight excluding hydrogens is 423 g/mol. The Labute approximate surface area is 161 Å². The second-order valence-electron chi connectivity index (χ2n) is 5.14. The molecule has 1 heterocycles. The van der Waals surface area contributed by atoms with Gasteiger partial charge in [-0.05, 0) is 42.5 Å². The van der Waals surface area contributed by atoms with Crippen molar-refractivity contribution < 1.29 is 13.9 Å². The topological polar surface area (TPSA) is 69.0 Å². The van der Waals surface area contributed by atoms with Gasteiger partial charge >= 0.3 is 0 Å². The smallest absolute Gasteiger partial charge is 0.234 e. The number of ether oxygens (including phenoxy) is 1. The number of methoxy groups -OCH3 is 1. The Kier molecular flexibility index (Phi) is 5.89. The zero-order valence-electron chi connectivity index (χ0n) is 13.6. The molecular formula is C17H14BrFN4O2S. The summed E-state index contributed by atoms with van der Waals surface area (Å²) in [5.74, 6) is -0.0174. The number of carbonyl (C=O) groups is 1. The number of nitrogens with one attached hydrogen (secondary N) is 1. The number of halogens is 2. The first-order valence-electron chi connectivity index (χ1n) is 7.49. The third kappa shape index (κ3) is 4.41. The minimum atomic E-state index is -0.501. The minimum absolute atomic E-state index is 0.0738. The largest absolute Gasteiger partial charge is 0.497 e. The molecule has 3 rings (SSSR count). The Bertz CT molecular complexity index is 917. The maximum Gasteiger partial charge on any atom is 0.234 e. The van der Waals surface area contributed by atoms with E-state index >= 15 is 0 Å². The number of benzene rings is 2. The van der Waals surface area contributed by atoms with Gasteiger partial charge in [-0.1, -0.05) is 27.7 Å². The molecule has 1 amide bonds. The molecule has 1 N–H and O–H groups in total. The standard InChI is InChI=1S/C17H14BrFN4O2S/c1-25-13-5-3-12(4-6-13)23-10-20-22-17(23)26-9-16(24)21-15-7-2-11(18)8-14(15)19/h2-8,10H,9H2,1H3,(H,21,24). The Balaban J connectivity index is 1.64. The lowest BCUT2D eigenvalue weighted by molar-refractivity contribution is -0.113. The molecule has 0 saturated heterocycles. The molecule has 2 aromatic carbocycles. The molecule has 1 aromatic heterocycles. The van der Waals surface area contributed by atoms with Crippen LogP contribution in [0.3, 0.4) is 0 Å². The zero-order chi connectivity index (χ0) is 18.5. The Morgan fingerprint density at radius 1 is 1.31 bits per heavy atom. The predicted molar refractivity (Wildman–Crippen MR) is 101 cm³/mol. The summed E-state index contributed by atoms with van der Waals surface area (Å²) in [5.41, 5.74) is 0.980. The van der Waals surface area contributed by atoms with Gasteiger partial charge in [-0.3, -0.25) is 9.36 Å². The number of hydrogen-bond donors (Lipinski definition) is 1. The fourth-order valence-corrected chi connectivity index (χ4v) is 3.21. The average Bonchev–Trinajstić information content (AvgIpc) is 3.11. The molecule has 0 aliphatic carbocycles. The predicted octanol–water partition coefficient (Wildman–Crippen LogP) is 3.91. The second-order valence-corrected chi connectivity index (χ2v) is 7.00. The highest BCUT2D eigenvalue weighted by Crippen LogP contribution is 2.23. The molecule has 0 fully saturated rings. The van der Waals surface area contributed by atoms with E-state index in [-0.39, 0.29) is 17.3 Å². The van der Waals surface area contributed by atoms with Gasteiger partial charge < -0.3 is 10.1 Å². The summed E-state index contributed by atoms with van der Waals surface area (Å²) in [5, 5.41) is 11.0. The average molecular weight is 437 g/mol. The Hall–Kier alpha value is -2.39. The normalized spacial score (nSPS) is 10.6. The van der Waals surface area contributed by atoms with E-state index in [0.717, 1.165) is 11.4 Å². The van der Waals surface area contributed by atoms with Crippen molar-refractivity contribution in [1.29, 1.82) is 0 Å². The summed E-state index contributed by atoms with van der Waals surface area (Å²) in [6, 6.07) is 11.8. The monoisotopic (exact) mass is 436 g/mol. The maximum absolute atomic E-state index is 13.8. The fourth-order valence-electron chi connectivity index (χ4n) is 2.15. The highest BCUT2D eigenvalue weighted by Gasteiger charge is 2.12. The molecule has 26 heavy (non-hydrogen) atoms. The molecule has 9 heteroatoms. The summed E-state index contributed by atoms with van der Waals surface area (Å²) in [4.78, 5) is 12.1. The van der Waals surface area contributed by atoms with Crippen LogP contribution in [-0.2, 0) is 4.79 Å². The second kappa shape index (κ2) is 8.33. The molecule has 0 radical (unpaired) electrons. The summed E-state index contributed by atoms with van der Waals surface area (Å²) >= 11 is 4.39. The van der Waals surface area contributed by atoms with Crippen molar-refractivity contribution in [2.75, 3.05) is 18.2 Å². The molecule has 0 unspecified atom stereocenters. The third-order valence-electron chi connectivity index (χ3n) is 3.40. The number of thioether (sulfide) groups is 1. The first-order chi connectivity index (χ1) is 12.6. The van der Waals surface area contributed by atoms with Crippen LogP contribution < -0.4 is 10.1 Å².